The van der Waals surface area contributed by atoms with E-state index in [4.69, 9.17) is 5.73 Å². The van der Waals surface area contributed by atoms with Crippen LogP contribution in [0, 0.1) is 5.92 Å². The molecule has 0 saturated carbocycles. The van der Waals surface area contributed by atoms with Crippen molar-refractivity contribution in [3.05, 3.63) is 18.0 Å². The first-order valence-corrected chi connectivity index (χ1v) is 8.57. The van der Waals surface area contributed by atoms with Gasteiger partial charge >= 0.3 is 6.18 Å². The second-order valence-corrected chi connectivity index (χ2v) is 6.94. The molecule has 26 heavy (non-hydrogen) atoms. The molecule has 2 aromatic heterocycles. The maximum atomic E-state index is 13.7. The molecule has 1 saturated heterocycles. The van der Waals surface area contributed by atoms with Gasteiger partial charge in [0, 0.05) is 37.4 Å². The van der Waals surface area contributed by atoms with Crippen molar-refractivity contribution in [3.8, 4) is 0 Å². The Labute approximate surface area is 148 Å². The standard InChI is InChI=1S/C17H22F3N5O/c1-9(2)16(26)24-12-7-23-15-13(12)14(11(6-22-15)17(18,19)20)25-5-3-4-10(21)8-25/h6-7,9-10H,3-5,8,21H2,1-2H3,(H,22,23)(H,24,26). The lowest BCUT2D eigenvalue weighted by Crippen LogP contribution is -2.43. The van der Waals surface area contributed by atoms with Gasteiger partial charge in [0.15, 0.2) is 0 Å². The zero-order valence-corrected chi connectivity index (χ0v) is 14.7. The molecule has 0 bridgehead atoms. The highest BCUT2D eigenvalue weighted by molar-refractivity contribution is 6.07. The fourth-order valence-electron chi connectivity index (χ4n) is 3.20. The van der Waals surface area contributed by atoms with Crippen LogP contribution in [-0.2, 0) is 11.0 Å². The molecule has 9 heteroatoms. The molecule has 1 aliphatic rings. The maximum absolute atomic E-state index is 13.7. The number of anilines is 2. The summed E-state index contributed by atoms with van der Waals surface area (Å²) in [5.41, 5.74) is 5.78. The second-order valence-electron chi connectivity index (χ2n) is 6.94. The Bertz CT molecular complexity index is 815. The van der Waals surface area contributed by atoms with E-state index in [0.29, 0.717) is 30.8 Å². The van der Waals surface area contributed by atoms with E-state index in [2.05, 4.69) is 15.3 Å². The van der Waals surface area contributed by atoms with Gasteiger partial charge in [0.1, 0.15) is 5.65 Å². The summed E-state index contributed by atoms with van der Waals surface area (Å²) in [6, 6.07) is -0.194. The van der Waals surface area contributed by atoms with Gasteiger partial charge in [-0.05, 0) is 12.8 Å². The number of hydrogen-bond acceptors (Lipinski definition) is 4. The SMILES string of the molecule is CC(C)C(=O)Nc1c[nH]c2ncc(C(F)(F)F)c(N3CCCC(N)C3)c12. The van der Waals surface area contributed by atoms with Crippen molar-refractivity contribution in [2.45, 2.75) is 38.9 Å². The first-order chi connectivity index (χ1) is 12.2. The Morgan fingerprint density at radius 3 is 2.81 bits per heavy atom. The van der Waals surface area contributed by atoms with Gasteiger partial charge in [-0.15, -0.1) is 0 Å². The van der Waals surface area contributed by atoms with Gasteiger partial charge in [-0.2, -0.15) is 13.2 Å². The summed E-state index contributed by atoms with van der Waals surface area (Å²) in [5.74, 6) is -0.574. The van der Waals surface area contributed by atoms with Crippen molar-refractivity contribution < 1.29 is 18.0 Å². The summed E-state index contributed by atoms with van der Waals surface area (Å²) in [6.07, 6.45) is -0.765. The fourth-order valence-corrected chi connectivity index (χ4v) is 3.20. The molecular weight excluding hydrogens is 347 g/mol. The number of rotatable bonds is 3. The van der Waals surface area contributed by atoms with Crippen LogP contribution in [0.15, 0.2) is 12.4 Å². The average molecular weight is 369 g/mol. The van der Waals surface area contributed by atoms with E-state index in [1.807, 2.05) is 0 Å². The van der Waals surface area contributed by atoms with Gasteiger partial charge in [0.25, 0.3) is 0 Å². The molecule has 6 nitrogen and oxygen atoms in total. The molecule has 1 atom stereocenters. The number of pyridine rings is 1. The van der Waals surface area contributed by atoms with Crippen LogP contribution in [0.3, 0.4) is 0 Å². The first kappa shape index (κ1) is 18.5. The monoisotopic (exact) mass is 369 g/mol. The molecule has 1 unspecified atom stereocenters. The van der Waals surface area contributed by atoms with Gasteiger partial charge < -0.3 is 20.9 Å². The Kier molecular flexibility index (Phi) is 4.83. The average Bonchev–Trinajstić information content (AvgIpc) is 2.96. The number of aromatic amines is 1. The summed E-state index contributed by atoms with van der Waals surface area (Å²) < 4.78 is 41.0. The molecule has 0 radical (unpaired) electrons. The van der Waals surface area contributed by atoms with Crippen LogP contribution >= 0.6 is 0 Å². The number of nitrogens with two attached hydrogens (primary N) is 1. The van der Waals surface area contributed by atoms with Crippen LogP contribution in [-0.4, -0.2) is 35.0 Å². The van der Waals surface area contributed by atoms with Crippen LogP contribution in [0.5, 0.6) is 0 Å². The van der Waals surface area contributed by atoms with E-state index < -0.39 is 11.7 Å². The predicted octanol–water partition coefficient (Wildman–Crippen LogP) is 3.10. The summed E-state index contributed by atoms with van der Waals surface area (Å²) in [4.78, 5) is 20.5. The Balaban J connectivity index is 2.18. The molecule has 0 aromatic carbocycles. The fraction of sp³-hybridized carbons (Fsp3) is 0.529. The van der Waals surface area contributed by atoms with Crippen LogP contribution in [0.1, 0.15) is 32.3 Å². The summed E-state index contributed by atoms with van der Waals surface area (Å²) in [5, 5.41) is 2.96. The van der Waals surface area contributed by atoms with E-state index >= 15 is 0 Å². The number of halogens is 3. The largest absolute Gasteiger partial charge is 0.419 e. The maximum Gasteiger partial charge on any atom is 0.419 e. The number of carbonyl (C=O) groups excluding carboxylic acids is 1. The number of amides is 1. The highest BCUT2D eigenvalue weighted by Crippen LogP contribution is 2.43. The third kappa shape index (κ3) is 3.48. The molecule has 1 fully saturated rings. The van der Waals surface area contributed by atoms with Gasteiger partial charge in [-0.3, -0.25) is 4.79 Å². The molecular formula is C17H22F3N5O. The number of aromatic nitrogens is 2. The first-order valence-electron chi connectivity index (χ1n) is 8.57. The van der Waals surface area contributed by atoms with Crippen molar-refractivity contribution in [3.63, 3.8) is 0 Å². The number of hydrogen-bond donors (Lipinski definition) is 3. The molecule has 0 aliphatic carbocycles. The van der Waals surface area contributed by atoms with Gasteiger partial charge in [-0.25, -0.2) is 4.98 Å². The van der Waals surface area contributed by atoms with Gasteiger partial charge in [0.2, 0.25) is 5.91 Å². The normalized spacial score (nSPS) is 18.6. The Morgan fingerprint density at radius 1 is 1.46 bits per heavy atom. The van der Waals surface area contributed by atoms with Crippen molar-refractivity contribution in [2.24, 2.45) is 11.7 Å². The van der Waals surface area contributed by atoms with Crippen LogP contribution < -0.4 is 16.0 Å². The van der Waals surface area contributed by atoms with Crippen LogP contribution in [0.25, 0.3) is 11.0 Å². The van der Waals surface area contributed by atoms with Crippen molar-refractivity contribution in [1.29, 1.82) is 0 Å². The predicted molar refractivity (Wildman–Crippen MR) is 94.0 cm³/mol. The molecule has 2 aromatic rings. The summed E-state index contributed by atoms with van der Waals surface area (Å²) >= 11 is 0. The molecule has 3 heterocycles. The van der Waals surface area contributed by atoms with E-state index in [-0.39, 0.29) is 28.9 Å². The van der Waals surface area contributed by atoms with Crippen LogP contribution in [0.2, 0.25) is 0 Å². The number of nitrogens with one attached hydrogen (secondary N) is 2. The minimum absolute atomic E-state index is 0.0259. The van der Waals surface area contributed by atoms with E-state index in [0.717, 1.165) is 12.6 Å². The van der Waals surface area contributed by atoms with E-state index in [1.165, 1.54) is 6.20 Å². The molecule has 142 valence electrons. The lowest BCUT2D eigenvalue weighted by Gasteiger charge is -2.34. The molecule has 0 spiro atoms. The molecule has 1 aliphatic heterocycles. The number of H-pyrrole nitrogens is 1. The highest BCUT2D eigenvalue weighted by Gasteiger charge is 2.38. The van der Waals surface area contributed by atoms with E-state index in [1.54, 1.807) is 18.7 Å². The number of alkyl halides is 3. The second kappa shape index (κ2) is 6.79. The summed E-state index contributed by atoms with van der Waals surface area (Å²) in [6.45, 7) is 4.23. The number of nitrogens with zero attached hydrogens (tertiary/aromatic N) is 2. The van der Waals surface area contributed by atoms with Gasteiger partial charge in [0.05, 0.1) is 22.3 Å². The Hall–Kier alpha value is -2.29. The lowest BCUT2D eigenvalue weighted by molar-refractivity contribution is -0.137. The Morgan fingerprint density at radius 2 is 2.19 bits per heavy atom. The quantitative estimate of drug-likeness (QED) is 0.776. The van der Waals surface area contributed by atoms with Gasteiger partial charge in [-0.1, -0.05) is 13.8 Å². The van der Waals surface area contributed by atoms with Crippen molar-refractivity contribution >= 4 is 28.3 Å². The minimum atomic E-state index is -4.56. The highest BCUT2D eigenvalue weighted by atomic mass is 19.4. The molecule has 4 N–H and O–H groups in total. The number of carbonyl (C=O) groups is 1. The van der Waals surface area contributed by atoms with E-state index in [9.17, 15) is 18.0 Å². The summed E-state index contributed by atoms with van der Waals surface area (Å²) in [7, 11) is 0. The minimum Gasteiger partial charge on any atom is -0.369 e. The third-order valence-corrected chi connectivity index (χ3v) is 4.54. The molecule has 1 amide bonds. The molecule has 3 rings (SSSR count). The zero-order valence-electron chi connectivity index (χ0n) is 14.7. The number of piperidine rings is 1. The third-order valence-electron chi connectivity index (χ3n) is 4.54. The van der Waals surface area contributed by atoms with Crippen LogP contribution in [0.4, 0.5) is 24.5 Å². The van der Waals surface area contributed by atoms with Crippen molar-refractivity contribution in [2.75, 3.05) is 23.3 Å². The van der Waals surface area contributed by atoms with Crippen molar-refractivity contribution in [1.82, 2.24) is 9.97 Å². The topological polar surface area (TPSA) is 87.0 Å². The number of fused-ring (bicyclic) bond motifs is 1. The zero-order chi connectivity index (χ0) is 19.1. The lowest BCUT2D eigenvalue weighted by atomic mass is 10.0. The smallest absolute Gasteiger partial charge is 0.369 e.